The SMILES string of the molecule is CC(NC(N)=O)C(=O)NC(c1cccc(C(F)(F)F)c1)C(C)(C)C. The minimum absolute atomic E-state index is 0.331. The van der Waals surface area contributed by atoms with Gasteiger partial charge in [-0.25, -0.2) is 4.79 Å². The molecule has 3 amide bonds. The van der Waals surface area contributed by atoms with Gasteiger partial charge in [0.15, 0.2) is 0 Å². The molecule has 0 bridgehead atoms. The van der Waals surface area contributed by atoms with Crippen molar-refractivity contribution in [2.75, 3.05) is 0 Å². The molecular formula is C16H22F3N3O2. The monoisotopic (exact) mass is 345 g/mol. The van der Waals surface area contributed by atoms with Crippen LogP contribution in [0.1, 0.15) is 44.9 Å². The van der Waals surface area contributed by atoms with Crippen molar-refractivity contribution >= 4 is 11.9 Å². The number of carbonyl (C=O) groups excluding carboxylic acids is 2. The summed E-state index contributed by atoms with van der Waals surface area (Å²) in [5, 5.41) is 4.91. The Morgan fingerprint density at radius 1 is 1.12 bits per heavy atom. The van der Waals surface area contributed by atoms with Gasteiger partial charge in [0.05, 0.1) is 11.6 Å². The first kappa shape index (κ1) is 19.8. The second-order valence-corrected chi connectivity index (χ2v) is 6.66. The fraction of sp³-hybridized carbons (Fsp3) is 0.500. The molecule has 0 aliphatic carbocycles. The smallest absolute Gasteiger partial charge is 0.352 e. The van der Waals surface area contributed by atoms with E-state index in [-0.39, 0.29) is 0 Å². The fourth-order valence-corrected chi connectivity index (χ4v) is 2.24. The number of halogens is 3. The number of alkyl halides is 3. The van der Waals surface area contributed by atoms with Crippen LogP contribution in [0, 0.1) is 5.41 Å². The molecule has 134 valence electrons. The number of nitrogens with two attached hydrogens (primary N) is 1. The Bertz CT molecular complexity index is 609. The fourth-order valence-electron chi connectivity index (χ4n) is 2.24. The molecule has 0 saturated heterocycles. The van der Waals surface area contributed by atoms with E-state index in [2.05, 4.69) is 10.6 Å². The molecule has 24 heavy (non-hydrogen) atoms. The molecule has 0 fully saturated rings. The molecule has 0 spiro atoms. The van der Waals surface area contributed by atoms with Crippen molar-refractivity contribution in [2.24, 2.45) is 11.1 Å². The second-order valence-electron chi connectivity index (χ2n) is 6.66. The molecule has 5 nitrogen and oxygen atoms in total. The van der Waals surface area contributed by atoms with E-state index >= 15 is 0 Å². The third kappa shape index (κ3) is 5.43. The molecule has 4 N–H and O–H groups in total. The third-order valence-electron chi connectivity index (χ3n) is 3.45. The maximum Gasteiger partial charge on any atom is 0.416 e. The molecule has 2 atom stereocenters. The van der Waals surface area contributed by atoms with Gasteiger partial charge in [-0.05, 0) is 30.0 Å². The average molecular weight is 345 g/mol. The van der Waals surface area contributed by atoms with Gasteiger partial charge in [0.1, 0.15) is 6.04 Å². The van der Waals surface area contributed by atoms with Crippen LogP contribution in [0.15, 0.2) is 24.3 Å². The zero-order valence-corrected chi connectivity index (χ0v) is 14.0. The number of hydrogen-bond donors (Lipinski definition) is 3. The lowest BCUT2D eigenvalue weighted by atomic mass is 9.81. The van der Waals surface area contributed by atoms with Gasteiger partial charge in [0.25, 0.3) is 0 Å². The standard InChI is InChI=1S/C16H22F3N3O2/c1-9(21-14(20)24)13(23)22-12(15(2,3)4)10-6-5-7-11(8-10)16(17,18)19/h5-9,12H,1-4H3,(H,22,23)(H3,20,21,24). The summed E-state index contributed by atoms with van der Waals surface area (Å²) in [6, 6.07) is 2.38. The molecule has 0 saturated carbocycles. The molecule has 1 aromatic rings. The molecular weight excluding hydrogens is 323 g/mol. The average Bonchev–Trinajstić information content (AvgIpc) is 2.41. The zero-order valence-electron chi connectivity index (χ0n) is 14.0. The Morgan fingerprint density at radius 3 is 2.17 bits per heavy atom. The molecule has 0 aromatic heterocycles. The van der Waals surface area contributed by atoms with Crippen molar-refractivity contribution in [1.82, 2.24) is 10.6 Å². The van der Waals surface area contributed by atoms with Gasteiger partial charge in [-0.1, -0.05) is 32.9 Å². The molecule has 0 radical (unpaired) electrons. The van der Waals surface area contributed by atoms with Crippen LogP contribution in [0.25, 0.3) is 0 Å². The van der Waals surface area contributed by atoms with Crippen LogP contribution < -0.4 is 16.4 Å². The number of amides is 3. The van der Waals surface area contributed by atoms with Crippen molar-refractivity contribution in [3.8, 4) is 0 Å². The van der Waals surface area contributed by atoms with E-state index in [0.29, 0.717) is 5.56 Å². The van der Waals surface area contributed by atoms with E-state index in [1.54, 1.807) is 20.8 Å². The Morgan fingerprint density at radius 2 is 1.71 bits per heavy atom. The van der Waals surface area contributed by atoms with Gasteiger partial charge < -0.3 is 16.4 Å². The Kier molecular flexibility index (Phi) is 5.86. The van der Waals surface area contributed by atoms with Gasteiger partial charge in [-0.15, -0.1) is 0 Å². The normalized spacial score (nSPS) is 14.6. The van der Waals surface area contributed by atoms with Crippen LogP contribution in [-0.4, -0.2) is 18.0 Å². The first-order valence-electron chi connectivity index (χ1n) is 7.36. The highest BCUT2D eigenvalue weighted by Gasteiger charge is 2.34. The maximum absolute atomic E-state index is 12.9. The number of rotatable bonds is 4. The molecule has 8 heteroatoms. The van der Waals surface area contributed by atoms with Crippen molar-refractivity contribution in [3.63, 3.8) is 0 Å². The number of urea groups is 1. The predicted molar refractivity (Wildman–Crippen MR) is 84.0 cm³/mol. The zero-order chi connectivity index (χ0) is 18.7. The topological polar surface area (TPSA) is 84.2 Å². The van der Waals surface area contributed by atoms with Crippen molar-refractivity contribution < 1.29 is 22.8 Å². The summed E-state index contributed by atoms with van der Waals surface area (Å²) in [5.41, 5.74) is 3.97. The molecule has 0 aliphatic rings. The lowest BCUT2D eigenvalue weighted by Gasteiger charge is -2.33. The Labute approximate surface area is 138 Å². The molecule has 1 rings (SSSR count). The van der Waals surface area contributed by atoms with E-state index in [9.17, 15) is 22.8 Å². The van der Waals surface area contributed by atoms with Crippen molar-refractivity contribution in [3.05, 3.63) is 35.4 Å². The highest BCUT2D eigenvalue weighted by Crippen LogP contribution is 2.36. The van der Waals surface area contributed by atoms with E-state index in [1.807, 2.05) is 0 Å². The summed E-state index contributed by atoms with van der Waals surface area (Å²) < 4.78 is 38.7. The summed E-state index contributed by atoms with van der Waals surface area (Å²) in [6.45, 7) is 6.82. The number of carbonyl (C=O) groups is 2. The summed E-state index contributed by atoms with van der Waals surface area (Å²) in [5.74, 6) is -0.536. The molecule has 1 aromatic carbocycles. The molecule has 2 unspecified atom stereocenters. The number of nitrogens with one attached hydrogen (secondary N) is 2. The van der Waals surface area contributed by atoms with Crippen LogP contribution in [0.5, 0.6) is 0 Å². The van der Waals surface area contributed by atoms with Gasteiger partial charge >= 0.3 is 12.2 Å². The quantitative estimate of drug-likeness (QED) is 0.784. The minimum atomic E-state index is -4.47. The Balaban J connectivity index is 3.12. The summed E-state index contributed by atoms with van der Waals surface area (Å²) in [7, 11) is 0. The van der Waals surface area contributed by atoms with Crippen LogP contribution in [0.4, 0.5) is 18.0 Å². The van der Waals surface area contributed by atoms with Gasteiger partial charge in [0.2, 0.25) is 5.91 Å². The summed E-state index contributed by atoms with van der Waals surface area (Å²) >= 11 is 0. The predicted octanol–water partition coefficient (Wildman–Crippen LogP) is 2.97. The van der Waals surface area contributed by atoms with Gasteiger partial charge in [-0.2, -0.15) is 13.2 Å². The summed E-state index contributed by atoms with van der Waals surface area (Å²) in [6.07, 6.45) is -4.47. The highest BCUT2D eigenvalue weighted by molar-refractivity contribution is 5.86. The van der Waals surface area contributed by atoms with Crippen LogP contribution in [-0.2, 0) is 11.0 Å². The van der Waals surface area contributed by atoms with Crippen LogP contribution in [0.2, 0.25) is 0 Å². The van der Waals surface area contributed by atoms with E-state index in [0.717, 1.165) is 12.1 Å². The Hall–Kier alpha value is -2.25. The lowest BCUT2D eigenvalue weighted by molar-refractivity contribution is -0.137. The molecule has 0 heterocycles. The van der Waals surface area contributed by atoms with E-state index in [4.69, 9.17) is 5.73 Å². The number of primary amides is 1. The summed E-state index contributed by atoms with van der Waals surface area (Å²) in [4.78, 5) is 23.0. The number of benzene rings is 1. The van der Waals surface area contributed by atoms with Gasteiger partial charge in [0, 0.05) is 0 Å². The first-order valence-corrected chi connectivity index (χ1v) is 7.36. The number of hydrogen-bond acceptors (Lipinski definition) is 2. The maximum atomic E-state index is 12.9. The van der Waals surface area contributed by atoms with E-state index in [1.165, 1.54) is 19.1 Å². The first-order chi connectivity index (χ1) is 10.8. The van der Waals surface area contributed by atoms with Crippen molar-refractivity contribution in [1.29, 1.82) is 0 Å². The van der Waals surface area contributed by atoms with E-state index < -0.39 is 41.2 Å². The van der Waals surface area contributed by atoms with Crippen molar-refractivity contribution in [2.45, 2.75) is 46.0 Å². The lowest BCUT2D eigenvalue weighted by Crippen LogP contribution is -2.49. The van der Waals surface area contributed by atoms with Gasteiger partial charge in [-0.3, -0.25) is 4.79 Å². The highest BCUT2D eigenvalue weighted by atomic mass is 19.4. The third-order valence-corrected chi connectivity index (χ3v) is 3.45. The van der Waals surface area contributed by atoms with Crippen LogP contribution in [0.3, 0.4) is 0 Å². The van der Waals surface area contributed by atoms with Crippen LogP contribution >= 0.6 is 0 Å². The second kappa shape index (κ2) is 7.11. The largest absolute Gasteiger partial charge is 0.416 e. The minimum Gasteiger partial charge on any atom is -0.352 e. The molecule has 0 aliphatic heterocycles.